The molecule has 0 heterocycles. The lowest BCUT2D eigenvalue weighted by Crippen LogP contribution is -2.40. The Balaban J connectivity index is 3.21. The fourth-order valence-corrected chi connectivity index (χ4v) is 1.11. The van der Waals surface area contributed by atoms with Crippen LogP contribution in [0.1, 0.15) is 45.4 Å². The van der Waals surface area contributed by atoms with E-state index in [-0.39, 0.29) is 6.17 Å². The second kappa shape index (κ2) is 10.5. The molecule has 3 nitrogen and oxygen atoms in total. The molecule has 0 aromatic heterocycles. The van der Waals surface area contributed by atoms with Gasteiger partial charge in [0.25, 0.3) is 0 Å². The largest absolute Gasteiger partial charge is 0.318 e. The van der Waals surface area contributed by atoms with Crippen molar-refractivity contribution in [1.29, 1.82) is 0 Å². The molecule has 0 aromatic carbocycles. The van der Waals surface area contributed by atoms with Crippen molar-refractivity contribution in [3.63, 3.8) is 0 Å². The molecule has 3 heteroatoms. The minimum Gasteiger partial charge on any atom is -0.318 e. The summed E-state index contributed by atoms with van der Waals surface area (Å²) in [6.45, 7) is 2.63. The van der Waals surface area contributed by atoms with Crippen LogP contribution < -0.4 is 16.8 Å². The van der Waals surface area contributed by atoms with Crippen LogP contribution in [0.3, 0.4) is 0 Å². The third-order valence-corrected chi connectivity index (χ3v) is 1.98. The molecule has 0 aliphatic rings. The summed E-state index contributed by atoms with van der Waals surface area (Å²) in [4.78, 5) is 0. The maximum Gasteiger partial charge on any atom is 0.0556 e. The number of unbranched alkanes of at least 4 members (excludes halogenated alkanes) is 3. The molecule has 0 saturated carbocycles. The van der Waals surface area contributed by atoms with Gasteiger partial charge in [-0.05, 0) is 19.3 Å². The van der Waals surface area contributed by atoms with Crippen molar-refractivity contribution in [1.82, 2.24) is 5.32 Å². The predicted octanol–water partition coefficient (Wildman–Crippen LogP) is 1.14. The average Bonchev–Trinajstić information content (AvgIpc) is 2.17. The van der Waals surface area contributed by atoms with Crippen LogP contribution in [0.5, 0.6) is 0 Å². The quantitative estimate of drug-likeness (QED) is 0.326. The number of hydrogen-bond donors (Lipinski definition) is 3. The summed E-state index contributed by atoms with van der Waals surface area (Å²) in [5.41, 5.74) is 11.0. The zero-order valence-corrected chi connectivity index (χ0v) is 9.18. The minimum atomic E-state index is 0.0254. The summed E-state index contributed by atoms with van der Waals surface area (Å²) in [5.74, 6) is 6.31. The zero-order chi connectivity index (χ0) is 10.6. The van der Waals surface area contributed by atoms with E-state index in [1.807, 2.05) is 0 Å². The second-order valence-corrected chi connectivity index (χ2v) is 3.36. The van der Waals surface area contributed by atoms with Gasteiger partial charge in [0.2, 0.25) is 0 Å². The van der Waals surface area contributed by atoms with Gasteiger partial charge >= 0.3 is 0 Å². The van der Waals surface area contributed by atoms with E-state index in [4.69, 9.17) is 11.5 Å². The van der Waals surface area contributed by atoms with Gasteiger partial charge in [-0.2, -0.15) is 0 Å². The van der Waals surface area contributed by atoms with Crippen LogP contribution in [0, 0.1) is 11.8 Å². The van der Waals surface area contributed by atoms with Crippen LogP contribution in [-0.2, 0) is 0 Å². The highest BCUT2D eigenvalue weighted by atomic mass is 15.1. The number of nitrogens with two attached hydrogens (primary N) is 2. The van der Waals surface area contributed by atoms with Gasteiger partial charge in [0.05, 0.1) is 6.17 Å². The van der Waals surface area contributed by atoms with E-state index in [2.05, 4.69) is 24.1 Å². The van der Waals surface area contributed by atoms with Crippen LogP contribution in [0.15, 0.2) is 0 Å². The molecule has 0 fully saturated rings. The van der Waals surface area contributed by atoms with E-state index in [0.29, 0.717) is 6.67 Å². The smallest absolute Gasteiger partial charge is 0.0556 e. The molecule has 1 atom stereocenters. The van der Waals surface area contributed by atoms with Crippen molar-refractivity contribution in [2.24, 2.45) is 11.5 Å². The van der Waals surface area contributed by atoms with E-state index >= 15 is 0 Å². The fourth-order valence-electron chi connectivity index (χ4n) is 1.11. The summed E-state index contributed by atoms with van der Waals surface area (Å²) >= 11 is 0. The molecule has 5 N–H and O–H groups in total. The van der Waals surface area contributed by atoms with E-state index in [1.54, 1.807) is 0 Å². The van der Waals surface area contributed by atoms with Crippen LogP contribution in [0.25, 0.3) is 0 Å². The van der Waals surface area contributed by atoms with Crippen LogP contribution in [-0.4, -0.2) is 12.8 Å². The topological polar surface area (TPSA) is 64.1 Å². The molecule has 0 aliphatic carbocycles. The lowest BCUT2D eigenvalue weighted by atomic mass is 10.2. The zero-order valence-electron chi connectivity index (χ0n) is 9.18. The Morgan fingerprint density at radius 1 is 1.21 bits per heavy atom. The van der Waals surface area contributed by atoms with Gasteiger partial charge in [-0.25, -0.2) is 0 Å². The molecule has 82 valence electrons. The molecule has 0 rings (SSSR count). The Kier molecular flexibility index (Phi) is 10.1. The maximum atomic E-state index is 5.71. The van der Waals surface area contributed by atoms with Gasteiger partial charge in [-0.3, -0.25) is 5.32 Å². The van der Waals surface area contributed by atoms with Crippen molar-refractivity contribution in [3.05, 3.63) is 0 Å². The SMILES string of the molecule is CCCCC#CCCCC(N)NCN. The highest BCUT2D eigenvalue weighted by molar-refractivity contribution is 4.98. The first-order valence-electron chi connectivity index (χ1n) is 5.46. The van der Waals surface area contributed by atoms with Gasteiger partial charge in [0, 0.05) is 19.5 Å². The minimum absolute atomic E-state index is 0.0254. The van der Waals surface area contributed by atoms with Crippen LogP contribution in [0.2, 0.25) is 0 Å². The van der Waals surface area contributed by atoms with Crippen molar-refractivity contribution in [2.75, 3.05) is 6.67 Å². The van der Waals surface area contributed by atoms with Crippen molar-refractivity contribution in [2.45, 2.75) is 51.6 Å². The van der Waals surface area contributed by atoms with Crippen molar-refractivity contribution >= 4 is 0 Å². The van der Waals surface area contributed by atoms with Gasteiger partial charge in [0.1, 0.15) is 0 Å². The molecular formula is C11H23N3. The molecular weight excluding hydrogens is 174 g/mol. The molecule has 0 spiro atoms. The Morgan fingerprint density at radius 2 is 1.86 bits per heavy atom. The van der Waals surface area contributed by atoms with Crippen molar-refractivity contribution in [3.8, 4) is 11.8 Å². The van der Waals surface area contributed by atoms with Crippen LogP contribution >= 0.6 is 0 Å². The summed E-state index contributed by atoms with van der Waals surface area (Å²) in [7, 11) is 0. The molecule has 0 amide bonds. The van der Waals surface area contributed by atoms with E-state index in [1.165, 1.54) is 12.8 Å². The normalized spacial score (nSPS) is 11.9. The molecule has 14 heavy (non-hydrogen) atoms. The highest BCUT2D eigenvalue weighted by Gasteiger charge is 1.97. The summed E-state index contributed by atoms with van der Waals surface area (Å²) in [6, 6.07) is 0. The first kappa shape index (κ1) is 13.4. The highest BCUT2D eigenvalue weighted by Crippen LogP contribution is 1.96. The van der Waals surface area contributed by atoms with E-state index in [9.17, 15) is 0 Å². The van der Waals surface area contributed by atoms with Gasteiger partial charge < -0.3 is 11.5 Å². The summed E-state index contributed by atoms with van der Waals surface area (Å²) in [6.07, 6.45) is 6.43. The van der Waals surface area contributed by atoms with Gasteiger partial charge in [-0.15, -0.1) is 11.8 Å². The Morgan fingerprint density at radius 3 is 2.43 bits per heavy atom. The number of rotatable bonds is 7. The lowest BCUT2D eigenvalue weighted by Gasteiger charge is -2.09. The van der Waals surface area contributed by atoms with Crippen LogP contribution in [0.4, 0.5) is 0 Å². The lowest BCUT2D eigenvalue weighted by molar-refractivity contribution is 0.491. The summed E-state index contributed by atoms with van der Waals surface area (Å²) in [5, 5.41) is 2.96. The Hall–Kier alpha value is -0.560. The number of hydrogen-bond acceptors (Lipinski definition) is 3. The predicted molar refractivity (Wildman–Crippen MR) is 61.3 cm³/mol. The third-order valence-electron chi connectivity index (χ3n) is 1.98. The van der Waals surface area contributed by atoms with E-state index < -0.39 is 0 Å². The maximum absolute atomic E-state index is 5.71. The molecule has 0 aromatic rings. The van der Waals surface area contributed by atoms with E-state index in [0.717, 1.165) is 25.7 Å². The fraction of sp³-hybridized carbons (Fsp3) is 0.818. The number of nitrogens with one attached hydrogen (secondary N) is 1. The average molecular weight is 197 g/mol. The first-order valence-corrected chi connectivity index (χ1v) is 5.46. The first-order chi connectivity index (χ1) is 6.81. The Bertz CT molecular complexity index is 169. The van der Waals surface area contributed by atoms with Gasteiger partial charge in [0.15, 0.2) is 0 Å². The second-order valence-electron chi connectivity index (χ2n) is 3.36. The third kappa shape index (κ3) is 9.53. The standard InChI is InChI=1S/C11H23N3/c1-2-3-4-5-6-7-8-9-11(13)14-10-12/h11,14H,2-4,7-10,12-13H2,1H3. The molecule has 0 saturated heterocycles. The van der Waals surface area contributed by atoms with Crippen molar-refractivity contribution < 1.29 is 0 Å². The monoisotopic (exact) mass is 197 g/mol. The molecule has 0 aliphatic heterocycles. The molecule has 1 unspecified atom stereocenters. The molecule has 0 radical (unpaired) electrons. The molecule has 0 bridgehead atoms. The Labute approximate surface area is 87.6 Å². The summed E-state index contributed by atoms with van der Waals surface area (Å²) < 4.78 is 0. The van der Waals surface area contributed by atoms with Gasteiger partial charge in [-0.1, -0.05) is 13.3 Å².